The molecule has 4 rings (SSSR count). The lowest BCUT2D eigenvalue weighted by Crippen LogP contribution is -2.31. The van der Waals surface area contributed by atoms with Gasteiger partial charge in [0.05, 0.1) is 26.2 Å². The Morgan fingerprint density at radius 2 is 1.85 bits per heavy atom. The van der Waals surface area contributed by atoms with E-state index in [4.69, 9.17) is 18.6 Å². The highest BCUT2D eigenvalue weighted by molar-refractivity contribution is 6.03. The molecule has 0 N–H and O–H groups in total. The molecule has 1 aromatic heterocycles. The Bertz CT molecular complexity index is 1200. The van der Waals surface area contributed by atoms with Crippen LogP contribution >= 0.6 is 0 Å². The second kappa shape index (κ2) is 10.5. The number of benzene rings is 2. The number of carbonyl (C=O) groups excluding carboxylic acids is 2. The van der Waals surface area contributed by atoms with E-state index >= 15 is 0 Å². The Morgan fingerprint density at radius 3 is 2.56 bits per heavy atom. The number of methoxy groups -OCH3 is 2. The smallest absolute Gasteiger partial charge is 0.331 e. The standard InChI is InChI=1S/C26H24N2O6/c1-31-20-12-9-18(10-13-20)21-16-22(24-8-5-15-33-24)28(27-21)25(29)17-34-26(30)14-11-19-6-3-4-7-23(19)32-2/h3-15,22H,16-17H2,1-2H3/b14-11+. The second-order valence-electron chi connectivity index (χ2n) is 7.43. The topological polar surface area (TPSA) is 90.6 Å². The maximum Gasteiger partial charge on any atom is 0.331 e. The second-order valence-corrected chi connectivity index (χ2v) is 7.43. The fraction of sp³-hybridized carbons (Fsp3) is 0.192. The Morgan fingerprint density at radius 1 is 1.06 bits per heavy atom. The van der Waals surface area contributed by atoms with E-state index in [1.807, 2.05) is 36.4 Å². The van der Waals surface area contributed by atoms with Gasteiger partial charge in [-0.2, -0.15) is 5.10 Å². The summed E-state index contributed by atoms with van der Waals surface area (Å²) in [6, 6.07) is 17.8. The average molecular weight is 460 g/mol. The van der Waals surface area contributed by atoms with E-state index in [0.29, 0.717) is 17.9 Å². The van der Waals surface area contributed by atoms with Crippen LogP contribution in [-0.2, 0) is 14.3 Å². The van der Waals surface area contributed by atoms with Gasteiger partial charge in [-0.15, -0.1) is 0 Å². The molecule has 8 heteroatoms. The maximum absolute atomic E-state index is 12.9. The highest BCUT2D eigenvalue weighted by Gasteiger charge is 2.35. The normalized spacial score (nSPS) is 15.3. The highest BCUT2D eigenvalue weighted by Crippen LogP contribution is 2.33. The number of para-hydroxylation sites is 1. The minimum atomic E-state index is -0.646. The van der Waals surface area contributed by atoms with Gasteiger partial charge in [0.2, 0.25) is 0 Å². The minimum Gasteiger partial charge on any atom is -0.497 e. The third-order valence-corrected chi connectivity index (χ3v) is 5.34. The van der Waals surface area contributed by atoms with Gasteiger partial charge in [0.15, 0.2) is 6.61 Å². The van der Waals surface area contributed by atoms with Crippen molar-refractivity contribution in [1.82, 2.24) is 5.01 Å². The number of carbonyl (C=O) groups is 2. The van der Waals surface area contributed by atoms with Gasteiger partial charge >= 0.3 is 5.97 Å². The number of amides is 1. The summed E-state index contributed by atoms with van der Waals surface area (Å²) in [5.74, 6) is 0.853. The van der Waals surface area contributed by atoms with E-state index in [0.717, 1.165) is 22.6 Å². The van der Waals surface area contributed by atoms with Crippen LogP contribution in [0.3, 0.4) is 0 Å². The molecule has 0 radical (unpaired) electrons. The van der Waals surface area contributed by atoms with Gasteiger partial charge < -0.3 is 18.6 Å². The van der Waals surface area contributed by atoms with E-state index in [2.05, 4.69) is 5.10 Å². The quantitative estimate of drug-likeness (QED) is 0.369. The predicted octanol–water partition coefficient (Wildman–Crippen LogP) is 4.23. The van der Waals surface area contributed by atoms with E-state index in [1.165, 1.54) is 11.1 Å². The predicted molar refractivity (Wildman–Crippen MR) is 125 cm³/mol. The number of esters is 1. The highest BCUT2D eigenvalue weighted by atomic mass is 16.5. The van der Waals surface area contributed by atoms with Crippen molar-refractivity contribution in [1.29, 1.82) is 0 Å². The Labute approximate surface area is 197 Å². The van der Waals surface area contributed by atoms with Gasteiger partial charge in [-0.25, -0.2) is 9.80 Å². The van der Waals surface area contributed by atoms with Crippen LogP contribution in [-0.4, -0.2) is 43.4 Å². The first kappa shape index (κ1) is 22.8. The number of hydrogen-bond donors (Lipinski definition) is 0. The SMILES string of the molecule is COc1ccc(C2=NN(C(=O)COC(=O)/C=C/c3ccccc3OC)C(c3ccco3)C2)cc1. The van der Waals surface area contributed by atoms with E-state index in [-0.39, 0.29) is 0 Å². The van der Waals surface area contributed by atoms with Gasteiger partial charge in [-0.1, -0.05) is 18.2 Å². The Hall–Kier alpha value is -4.33. The molecular formula is C26H24N2O6. The van der Waals surface area contributed by atoms with Gasteiger partial charge in [-0.05, 0) is 54.1 Å². The van der Waals surface area contributed by atoms with Crippen molar-refractivity contribution in [2.45, 2.75) is 12.5 Å². The molecule has 3 aromatic rings. The van der Waals surface area contributed by atoms with Crippen molar-refractivity contribution < 1.29 is 28.2 Å². The van der Waals surface area contributed by atoms with Crippen molar-refractivity contribution in [3.05, 3.63) is 89.9 Å². The molecule has 0 bridgehead atoms. The molecule has 0 aliphatic carbocycles. The third-order valence-electron chi connectivity index (χ3n) is 5.34. The van der Waals surface area contributed by atoms with Crippen LogP contribution in [0.4, 0.5) is 0 Å². The summed E-state index contributed by atoms with van der Waals surface area (Å²) in [6.45, 7) is -0.453. The first-order valence-electron chi connectivity index (χ1n) is 10.6. The van der Waals surface area contributed by atoms with E-state index in [9.17, 15) is 9.59 Å². The first-order valence-corrected chi connectivity index (χ1v) is 10.6. The Kier molecular flexibility index (Phi) is 7.07. The maximum atomic E-state index is 12.9. The molecule has 1 aliphatic heterocycles. The number of rotatable bonds is 8. The number of furan rings is 1. The molecule has 0 saturated carbocycles. The van der Waals surface area contributed by atoms with Crippen molar-refractivity contribution >= 4 is 23.7 Å². The summed E-state index contributed by atoms with van der Waals surface area (Å²) in [5.41, 5.74) is 2.31. The average Bonchev–Trinajstić information content (AvgIpc) is 3.56. The van der Waals surface area contributed by atoms with Crippen LogP contribution in [0.5, 0.6) is 11.5 Å². The fourth-order valence-corrected chi connectivity index (χ4v) is 3.61. The van der Waals surface area contributed by atoms with Crippen molar-refractivity contribution in [2.75, 3.05) is 20.8 Å². The van der Waals surface area contributed by atoms with Crippen LogP contribution in [0.2, 0.25) is 0 Å². The number of hydrazone groups is 1. The summed E-state index contributed by atoms with van der Waals surface area (Å²) in [4.78, 5) is 25.1. The molecule has 1 amide bonds. The van der Waals surface area contributed by atoms with Gasteiger partial charge in [0.1, 0.15) is 23.3 Å². The lowest BCUT2D eigenvalue weighted by molar-refractivity contribution is -0.149. The Balaban J connectivity index is 1.45. The monoisotopic (exact) mass is 460 g/mol. The van der Waals surface area contributed by atoms with Gasteiger partial charge in [0, 0.05) is 18.1 Å². The lowest BCUT2D eigenvalue weighted by Gasteiger charge is -2.19. The molecule has 0 saturated heterocycles. The number of ether oxygens (including phenoxy) is 3. The molecule has 1 atom stereocenters. The zero-order chi connectivity index (χ0) is 23.9. The molecular weight excluding hydrogens is 436 g/mol. The fourth-order valence-electron chi connectivity index (χ4n) is 3.61. The number of nitrogens with zero attached hydrogens (tertiary/aromatic N) is 2. The minimum absolute atomic E-state index is 0.428. The van der Waals surface area contributed by atoms with Crippen LogP contribution in [0.25, 0.3) is 6.08 Å². The summed E-state index contributed by atoms with van der Waals surface area (Å²) >= 11 is 0. The van der Waals surface area contributed by atoms with Crippen molar-refractivity contribution in [3.8, 4) is 11.5 Å². The molecule has 0 spiro atoms. The molecule has 8 nitrogen and oxygen atoms in total. The van der Waals surface area contributed by atoms with Crippen LogP contribution < -0.4 is 9.47 Å². The van der Waals surface area contributed by atoms with Gasteiger partial charge in [-0.3, -0.25) is 4.79 Å². The van der Waals surface area contributed by atoms with Crippen LogP contribution in [0.15, 0.2) is 82.5 Å². The zero-order valence-electron chi connectivity index (χ0n) is 18.8. The first-order chi connectivity index (χ1) is 16.6. The van der Waals surface area contributed by atoms with Crippen molar-refractivity contribution in [2.24, 2.45) is 5.10 Å². The van der Waals surface area contributed by atoms with Crippen LogP contribution in [0, 0.1) is 0 Å². The molecule has 2 aromatic carbocycles. The summed E-state index contributed by atoms with van der Waals surface area (Å²) in [7, 11) is 3.15. The third kappa shape index (κ3) is 5.17. The summed E-state index contributed by atoms with van der Waals surface area (Å²) in [5, 5.41) is 5.83. The largest absolute Gasteiger partial charge is 0.497 e. The molecule has 1 unspecified atom stereocenters. The molecule has 0 fully saturated rings. The molecule has 1 aliphatic rings. The number of hydrogen-bond acceptors (Lipinski definition) is 7. The van der Waals surface area contributed by atoms with Crippen LogP contribution in [0.1, 0.15) is 29.3 Å². The van der Waals surface area contributed by atoms with E-state index in [1.54, 1.807) is 50.8 Å². The summed E-state index contributed by atoms with van der Waals surface area (Å²) < 4.78 is 21.2. The van der Waals surface area contributed by atoms with Crippen molar-refractivity contribution in [3.63, 3.8) is 0 Å². The van der Waals surface area contributed by atoms with E-state index < -0.39 is 24.5 Å². The lowest BCUT2D eigenvalue weighted by atomic mass is 10.0. The zero-order valence-corrected chi connectivity index (χ0v) is 18.8. The molecule has 2 heterocycles. The molecule has 174 valence electrons. The summed E-state index contributed by atoms with van der Waals surface area (Å²) in [6.07, 6.45) is 4.84. The molecule has 34 heavy (non-hydrogen) atoms. The van der Waals surface area contributed by atoms with Gasteiger partial charge in [0.25, 0.3) is 5.91 Å².